The molecule has 1 heterocycles. The molecular weight excluding hydrogens is 260 g/mol. The van der Waals surface area contributed by atoms with Crippen LogP contribution in [0.25, 0.3) is 0 Å². The van der Waals surface area contributed by atoms with E-state index in [1.165, 1.54) is 5.56 Å². The molecule has 21 heavy (non-hydrogen) atoms. The fraction of sp³-hybridized carbons (Fsp3) is 0.294. The lowest BCUT2D eigenvalue weighted by molar-refractivity contribution is 0.867. The van der Waals surface area contributed by atoms with Crippen LogP contribution in [0.2, 0.25) is 0 Å². The highest BCUT2D eigenvalue weighted by Gasteiger charge is 2.03. The maximum Gasteiger partial charge on any atom is 0.136 e. The highest BCUT2D eigenvalue weighted by Crippen LogP contribution is 2.20. The summed E-state index contributed by atoms with van der Waals surface area (Å²) in [6, 6.07) is 10.3. The molecule has 4 heteroatoms. The molecule has 1 aromatic carbocycles. The zero-order chi connectivity index (χ0) is 15.2. The fourth-order valence-electron chi connectivity index (χ4n) is 2.00. The Bertz CT molecular complexity index is 603. The fourth-order valence-corrected chi connectivity index (χ4v) is 2.00. The summed E-state index contributed by atoms with van der Waals surface area (Å²) >= 11 is 0. The standard InChI is InChI=1S/C17H22N4/c1-5-10-18-16-11-17(20-13(4)19-16)21-15-8-6-14(7-9-15)12(2)3/h5-9,11-12H,1,10H2,2-4H3,(H2,18,19,20,21). The van der Waals surface area contributed by atoms with E-state index < -0.39 is 0 Å². The van der Waals surface area contributed by atoms with E-state index in [1.54, 1.807) is 6.08 Å². The van der Waals surface area contributed by atoms with Crippen LogP contribution >= 0.6 is 0 Å². The second-order valence-electron chi connectivity index (χ2n) is 5.26. The molecule has 0 aliphatic rings. The molecule has 0 atom stereocenters. The van der Waals surface area contributed by atoms with Crippen LogP contribution < -0.4 is 10.6 Å². The third-order valence-electron chi connectivity index (χ3n) is 3.12. The molecule has 4 nitrogen and oxygen atoms in total. The van der Waals surface area contributed by atoms with Crippen LogP contribution in [-0.2, 0) is 0 Å². The molecule has 0 saturated carbocycles. The number of rotatable bonds is 6. The highest BCUT2D eigenvalue weighted by molar-refractivity contribution is 5.59. The highest BCUT2D eigenvalue weighted by atomic mass is 15.1. The van der Waals surface area contributed by atoms with Crippen molar-refractivity contribution < 1.29 is 0 Å². The zero-order valence-corrected chi connectivity index (χ0v) is 12.9. The van der Waals surface area contributed by atoms with Gasteiger partial charge in [0.25, 0.3) is 0 Å². The lowest BCUT2D eigenvalue weighted by Gasteiger charge is -2.11. The first-order valence-electron chi connectivity index (χ1n) is 7.16. The maximum absolute atomic E-state index is 4.41. The van der Waals surface area contributed by atoms with Crippen LogP contribution in [-0.4, -0.2) is 16.5 Å². The van der Waals surface area contributed by atoms with Gasteiger partial charge in [0, 0.05) is 18.3 Å². The van der Waals surface area contributed by atoms with Crippen molar-refractivity contribution in [3.63, 3.8) is 0 Å². The number of nitrogens with one attached hydrogen (secondary N) is 2. The zero-order valence-electron chi connectivity index (χ0n) is 12.9. The molecule has 110 valence electrons. The van der Waals surface area contributed by atoms with Crippen molar-refractivity contribution in [3.8, 4) is 0 Å². The van der Waals surface area contributed by atoms with E-state index in [9.17, 15) is 0 Å². The maximum atomic E-state index is 4.41. The summed E-state index contributed by atoms with van der Waals surface area (Å²) in [6.45, 7) is 10.6. The Hall–Kier alpha value is -2.36. The van der Waals surface area contributed by atoms with Gasteiger partial charge in [-0.15, -0.1) is 6.58 Å². The molecular formula is C17H22N4. The van der Waals surface area contributed by atoms with Crippen molar-refractivity contribution in [1.29, 1.82) is 0 Å². The Morgan fingerprint density at radius 2 is 1.81 bits per heavy atom. The predicted molar refractivity (Wildman–Crippen MR) is 89.3 cm³/mol. The normalized spacial score (nSPS) is 10.5. The first-order chi connectivity index (χ1) is 10.1. The summed E-state index contributed by atoms with van der Waals surface area (Å²) in [7, 11) is 0. The topological polar surface area (TPSA) is 49.8 Å². The van der Waals surface area contributed by atoms with Gasteiger partial charge in [0.05, 0.1) is 0 Å². The summed E-state index contributed by atoms with van der Waals surface area (Å²) in [6.07, 6.45) is 1.80. The summed E-state index contributed by atoms with van der Waals surface area (Å²) in [5.74, 6) is 2.84. The number of benzene rings is 1. The van der Waals surface area contributed by atoms with Gasteiger partial charge in [-0.25, -0.2) is 9.97 Å². The Labute approximate surface area is 126 Å². The molecule has 0 bridgehead atoms. The molecule has 0 aliphatic heterocycles. The molecule has 0 unspecified atom stereocenters. The van der Waals surface area contributed by atoms with Gasteiger partial charge in [-0.1, -0.05) is 32.1 Å². The minimum Gasteiger partial charge on any atom is -0.366 e. The lowest BCUT2D eigenvalue weighted by Crippen LogP contribution is -2.04. The van der Waals surface area contributed by atoms with Crippen LogP contribution in [0.15, 0.2) is 43.0 Å². The van der Waals surface area contributed by atoms with Crippen LogP contribution in [0.5, 0.6) is 0 Å². The van der Waals surface area contributed by atoms with Crippen molar-refractivity contribution in [2.45, 2.75) is 26.7 Å². The summed E-state index contributed by atoms with van der Waals surface area (Å²) in [5.41, 5.74) is 2.35. The van der Waals surface area contributed by atoms with Crippen LogP contribution in [0.1, 0.15) is 31.2 Å². The van der Waals surface area contributed by atoms with Crippen LogP contribution in [0.3, 0.4) is 0 Å². The lowest BCUT2D eigenvalue weighted by atomic mass is 10.0. The molecule has 1 aromatic heterocycles. The van der Waals surface area contributed by atoms with Gasteiger partial charge in [-0.2, -0.15) is 0 Å². The molecule has 2 rings (SSSR count). The Balaban J connectivity index is 2.14. The number of aromatic nitrogens is 2. The van der Waals surface area contributed by atoms with Crippen LogP contribution in [0.4, 0.5) is 17.3 Å². The van der Waals surface area contributed by atoms with Crippen molar-refractivity contribution in [2.75, 3.05) is 17.2 Å². The smallest absolute Gasteiger partial charge is 0.136 e. The minimum absolute atomic E-state index is 0.537. The van der Waals surface area contributed by atoms with E-state index in [2.05, 4.69) is 65.3 Å². The number of hydrogen-bond acceptors (Lipinski definition) is 4. The number of hydrogen-bond donors (Lipinski definition) is 2. The van der Waals surface area contributed by atoms with Gasteiger partial charge in [-0.3, -0.25) is 0 Å². The molecule has 0 fully saturated rings. The van der Waals surface area contributed by atoms with Crippen LogP contribution in [0, 0.1) is 6.92 Å². The van der Waals surface area contributed by atoms with Gasteiger partial charge >= 0.3 is 0 Å². The molecule has 0 radical (unpaired) electrons. The third kappa shape index (κ3) is 4.31. The largest absolute Gasteiger partial charge is 0.366 e. The predicted octanol–water partition coefficient (Wildman–Crippen LogP) is 4.25. The van der Waals surface area contributed by atoms with E-state index in [0.29, 0.717) is 12.5 Å². The monoisotopic (exact) mass is 282 g/mol. The first kappa shape index (κ1) is 15.0. The molecule has 0 aliphatic carbocycles. The van der Waals surface area contributed by atoms with E-state index >= 15 is 0 Å². The molecule has 0 spiro atoms. The first-order valence-corrected chi connectivity index (χ1v) is 7.16. The molecule has 2 N–H and O–H groups in total. The third-order valence-corrected chi connectivity index (χ3v) is 3.12. The van der Waals surface area contributed by atoms with Gasteiger partial charge in [-0.05, 0) is 30.5 Å². The average Bonchev–Trinajstić information content (AvgIpc) is 2.45. The van der Waals surface area contributed by atoms with E-state index in [0.717, 1.165) is 23.1 Å². The Kier molecular flexibility index (Phi) is 4.93. The number of aryl methyl sites for hydroxylation is 1. The van der Waals surface area contributed by atoms with Gasteiger partial charge in [0.1, 0.15) is 17.5 Å². The summed E-state index contributed by atoms with van der Waals surface area (Å²) in [4.78, 5) is 8.75. The average molecular weight is 282 g/mol. The van der Waals surface area contributed by atoms with Crippen molar-refractivity contribution in [1.82, 2.24) is 9.97 Å². The van der Waals surface area contributed by atoms with E-state index in [1.807, 2.05) is 13.0 Å². The minimum atomic E-state index is 0.537. The van der Waals surface area contributed by atoms with Crippen molar-refractivity contribution >= 4 is 17.3 Å². The SMILES string of the molecule is C=CCNc1cc(Nc2ccc(C(C)C)cc2)nc(C)n1. The second-order valence-corrected chi connectivity index (χ2v) is 5.26. The number of nitrogens with zero attached hydrogens (tertiary/aromatic N) is 2. The van der Waals surface area contributed by atoms with Gasteiger partial charge in [0.15, 0.2) is 0 Å². The van der Waals surface area contributed by atoms with Crippen molar-refractivity contribution in [3.05, 3.63) is 54.4 Å². The Morgan fingerprint density at radius 1 is 1.14 bits per heavy atom. The van der Waals surface area contributed by atoms with Gasteiger partial charge in [0.2, 0.25) is 0 Å². The van der Waals surface area contributed by atoms with E-state index in [4.69, 9.17) is 0 Å². The number of anilines is 3. The summed E-state index contributed by atoms with van der Waals surface area (Å²) < 4.78 is 0. The molecule has 0 amide bonds. The quantitative estimate of drug-likeness (QED) is 0.778. The van der Waals surface area contributed by atoms with E-state index in [-0.39, 0.29) is 0 Å². The van der Waals surface area contributed by atoms with Crippen molar-refractivity contribution in [2.24, 2.45) is 0 Å². The van der Waals surface area contributed by atoms with Gasteiger partial charge < -0.3 is 10.6 Å². The Morgan fingerprint density at radius 3 is 2.43 bits per heavy atom. The second kappa shape index (κ2) is 6.88. The molecule has 2 aromatic rings. The molecule has 0 saturated heterocycles. The summed E-state index contributed by atoms with van der Waals surface area (Å²) in [5, 5.41) is 6.49.